The summed E-state index contributed by atoms with van der Waals surface area (Å²) in [5.74, 6) is 0.803. The number of rotatable bonds is 6. The highest BCUT2D eigenvalue weighted by molar-refractivity contribution is 5.95. The first-order chi connectivity index (χ1) is 12.2. The molecule has 2 aromatic carbocycles. The van der Waals surface area contributed by atoms with Crippen LogP contribution >= 0.6 is 0 Å². The Kier molecular flexibility index (Phi) is 5.23. The third kappa shape index (κ3) is 3.94. The molecule has 1 heterocycles. The Morgan fingerprint density at radius 2 is 1.84 bits per heavy atom. The summed E-state index contributed by atoms with van der Waals surface area (Å²) in [6, 6.07) is 15.3. The van der Waals surface area contributed by atoms with Crippen molar-refractivity contribution in [2.75, 3.05) is 18.9 Å². The summed E-state index contributed by atoms with van der Waals surface area (Å²) in [6.45, 7) is 2.90. The fourth-order valence-corrected chi connectivity index (χ4v) is 2.65. The van der Waals surface area contributed by atoms with Gasteiger partial charge in [-0.3, -0.25) is 4.79 Å². The lowest BCUT2D eigenvalue weighted by atomic mass is 10.1. The maximum atomic E-state index is 12.4. The number of benzene rings is 2. The molecule has 5 nitrogen and oxygen atoms in total. The van der Waals surface area contributed by atoms with Gasteiger partial charge in [0.05, 0.1) is 5.52 Å². The van der Waals surface area contributed by atoms with Crippen LogP contribution in [0.3, 0.4) is 0 Å². The van der Waals surface area contributed by atoms with E-state index in [9.17, 15) is 4.79 Å². The third-order valence-electron chi connectivity index (χ3n) is 4.13. The maximum absolute atomic E-state index is 12.4. The lowest BCUT2D eigenvalue weighted by molar-refractivity contribution is 0.0793. The van der Waals surface area contributed by atoms with Crippen LogP contribution in [0.15, 0.2) is 54.9 Å². The molecule has 128 valence electrons. The first kappa shape index (κ1) is 16.9. The van der Waals surface area contributed by atoms with Crippen LogP contribution in [0, 0.1) is 0 Å². The van der Waals surface area contributed by atoms with Gasteiger partial charge in [-0.1, -0.05) is 25.5 Å². The average molecular weight is 334 g/mol. The quantitative estimate of drug-likeness (QED) is 0.732. The van der Waals surface area contributed by atoms with Gasteiger partial charge in [-0.2, -0.15) is 0 Å². The molecule has 0 aliphatic carbocycles. The first-order valence-electron chi connectivity index (χ1n) is 8.51. The predicted molar refractivity (Wildman–Crippen MR) is 101 cm³/mol. The van der Waals surface area contributed by atoms with Crippen molar-refractivity contribution in [3.63, 3.8) is 0 Å². The number of amides is 1. The van der Waals surface area contributed by atoms with Gasteiger partial charge in [-0.25, -0.2) is 9.97 Å². The summed E-state index contributed by atoms with van der Waals surface area (Å²) >= 11 is 0. The number of anilines is 2. The summed E-state index contributed by atoms with van der Waals surface area (Å²) in [6.07, 6.45) is 3.64. The molecule has 0 radical (unpaired) electrons. The Bertz CT molecular complexity index is 856. The van der Waals surface area contributed by atoms with Crippen molar-refractivity contribution in [2.24, 2.45) is 0 Å². The second-order valence-electron chi connectivity index (χ2n) is 6.02. The fourth-order valence-electron chi connectivity index (χ4n) is 2.65. The number of carbonyl (C=O) groups is 1. The zero-order valence-electron chi connectivity index (χ0n) is 14.6. The van der Waals surface area contributed by atoms with Crippen LogP contribution in [0.4, 0.5) is 11.5 Å². The number of nitrogens with zero attached hydrogens (tertiary/aromatic N) is 3. The molecule has 25 heavy (non-hydrogen) atoms. The van der Waals surface area contributed by atoms with Gasteiger partial charge in [0.2, 0.25) is 0 Å². The third-order valence-corrected chi connectivity index (χ3v) is 4.13. The lowest BCUT2D eigenvalue weighted by Crippen LogP contribution is -2.27. The minimum atomic E-state index is 0.0486. The first-order valence-corrected chi connectivity index (χ1v) is 8.51. The Balaban J connectivity index is 1.75. The average Bonchev–Trinajstić information content (AvgIpc) is 2.66. The molecule has 0 saturated heterocycles. The van der Waals surface area contributed by atoms with Crippen LogP contribution < -0.4 is 5.32 Å². The minimum absolute atomic E-state index is 0.0486. The van der Waals surface area contributed by atoms with Gasteiger partial charge in [0, 0.05) is 30.2 Å². The highest BCUT2D eigenvalue weighted by Gasteiger charge is 2.11. The number of hydrogen-bond acceptors (Lipinski definition) is 4. The maximum Gasteiger partial charge on any atom is 0.253 e. The molecule has 3 rings (SSSR count). The van der Waals surface area contributed by atoms with Gasteiger partial charge in [0.15, 0.2) is 0 Å². The summed E-state index contributed by atoms with van der Waals surface area (Å²) in [5.41, 5.74) is 2.47. The molecule has 1 amide bonds. The van der Waals surface area contributed by atoms with E-state index >= 15 is 0 Å². The molecule has 0 saturated carbocycles. The van der Waals surface area contributed by atoms with Crippen LogP contribution in [0.5, 0.6) is 0 Å². The number of carbonyl (C=O) groups excluding carboxylic acids is 1. The molecule has 0 spiro atoms. The van der Waals surface area contributed by atoms with E-state index in [1.54, 1.807) is 11.2 Å². The van der Waals surface area contributed by atoms with Crippen molar-refractivity contribution < 1.29 is 4.79 Å². The molecule has 1 aromatic heterocycles. The van der Waals surface area contributed by atoms with Crippen molar-refractivity contribution in [1.29, 1.82) is 0 Å². The Hall–Kier alpha value is -2.95. The number of aromatic nitrogens is 2. The van der Waals surface area contributed by atoms with Gasteiger partial charge in [-0.05, 0) is 42.8 Å². The van der Waals surface area contributed by atoms with Crippen molar-refractivity contribution in [3.05, 3.63) is 60.4 Å². The predicted octanol–water partition coefficient (Wildman–Crippen LogP) is 4.25. The Morgan fingerprint density at radius 3 is 2.60 bits per heavy atom. The van der Waals surface area contributed by atoms with Gasteiger partial charge in [-0.15, -0.1) is 0 Å². The van der Waals surface area contributed by atoms with Gasteiger partial charge in [0.1, 0.15) is 12.1 Å². The molecular weight excluding hydrogens is 312 g/mol. The van der Waals surface area contributed by atoms with Crippen molar-refractivity contribution in [2.45, 2.75) is 19.8 Å². The standard InChI is InChI=1S/C20H22N4O/c1-3-4-13-24(2)20(25)15-9-11-16(12-10-15)23-19-17-7-5-6-8-18(17)21-14-22-19/h5-12,14H,3-4,13H2,1-2H3,(H,21,22,23). The molecular formula is C20H22N4O. The monoisotopic (exact) mass is 334 g/mol. The summed E-state index contributed by atoms with van der Waals surface area (Å²) in [4.78, 5) is 22.7. The molecule has 1 N–H and O–H groups in total. The van der Waals surface area contributed by atoms with Crippen LogP contribution in [0.25, 0.3) is 10.9 Å². The molecule has 0 aliphatic rings. The van der Waals surface area contributed by atoms with Gasteiger partial charge in [0.25, 0.3) is 5.91 Å². The molecule has 5 heteroatoms. The molecule has 3 aromatic rings. The Labute approximate surface area is 147 Å². The van der Waals surface area contributed by atoms with Crippen LogP contribution in [-0.4, -0.2) is 34.4 Å². The van der Waals surface area contributed by atoms with E-state index in [2.05, 4.69) is 22.2 Å². The highest BCUT2D eigenvalue weighted by atomic mass is 16.2. The summed E-state index contributed by atoms with van der Waals surface area (Å²) in [7, 11) is 1.84. The van der Waals surface area contributed by atoms with E-state index < -0.39 is 0 Å². The molecule has 0 fully saturated rings. The number of fused-ring (bicyclic) bond motifs is 1. The molecule has 0 atom stereocenters. The van der Waals surface area contributed by atoms with E-state index in [1.807, 2.05) is 55.6 Å². The van der Waals surface area contributed by atoms with Crippen molar-refractivity contribution in [3.8, 4) is 0 Å². The van der Waals surface area contributed by atoms with Crippen LogP contribution in [0.2, 0.25) is 0 Å². The number of unbranched alkanes of at least 4 members (excludes halogenated alkanes) is 1. The molecule has 0 aliphatic heterocycles. The number of para-hydroxylation sites is 1. The normalized spacial score (nSPS) is 10.6. The topological polar surface area (TPSA) is 58.1 Å². The number of hydrogen-bond donors (Lipinski definition) is 1. The fraction of sp³-hybridized carbons (Fsp3) is 0.250. The van der Waals surface area contributed by atoms with E-state index in [-0.39, 0.29) is 5.91 Å². The van der Waals surface area contributed by atoms with Crippen LogP contribution in [-0.2, 0) is 0 Å². The van der Waals surface area contributed by atoms with E-state index in [4.69, 9.17) is 0 Å². The van der Waals surface area contributed by atoms with Crippen molar-refractivity contribution >= 4 is 28.3 Å². The largest absolute Gasteiger partial charge is 0.342 e. The molecule has 0 unspecified atom stereocenters. The van der Waals surface area contributed by atoms with E-state index in [0.29, 0.717) is 5.56 Å². The van der Waals surface area contributed by atoms with E-state index in [1.165, 1.54) is 0 Å². The smallest absolute Gasteiger partial charge is 0.253 e. The lowest BCUT2D eigenvalue weighted by Gasteiger charge is -2.17. The highest BCUT2D eigenvalue weighted by Crippen LogP contribution is 2.23. The Morgan fingerprint density at radius 1 is 1.08 bits per heavy atom. The van der Waals surface area contributed by atoms with Crippen molar-refractivity contribution in [1.82, 2.24) is 14.9 Å². The zero-order chi connectivity index (χ0) is 17.6. The zero-order valence-corrected chi connectivity index (χ0v) is 14.6. The van der Waals surface area contributed by atoms with Gasteiger partial charge >= 0.3 is 0 Å². The minimum Gasteiger partial charge on any atom is -0.342 e. The molecule has 0 bridgehead atoms. The SMILES string of the molecule is CCCCN(C)C(=O)c1ccc(Nc2ncnc3ccccc23)cc1. The summed E-state index contributed by atoms with van der Waals surface area (Å²) in [5, 5.41) is 4.26. The second-order valence-corrected chi connectivity index (χ2v) is 6.02. The summed E-state index contributed by atoms with van der Waals surface area (Å²) < 4.78 is 0. The number of nitrogens with one attached hydrogen (secondary N) is 1. The second kappa shape index (κ2) is 7.75. The van der Waals surface area contributed by atoms with Gasteiger partial charge < -0.3 is 10.2 Å². The van der Waals surface area contributed by atoms with Crippen LogP contribution in [0.1, 0.15) is 30.1 Å². The van der Waals surface area contributed by atoms with E-state index in [0.717, 1.165) is 41.8 Å².